The number of nitrogens with zero attached hydrogens (tertiary/aromatic N) is 2. The molecule has 0 aliphatic heterocycles. The Morgan fingerprint density at radius 1 is 1.03 bits per heavy atom. The van der Waals surface area contributed by atoms with Gasteiger partial charge in [0.25, 0.3) is 15.9 Å². The van der Waals surface area contributed by atoms with Gasteiger partial charge >= 0.3 is 0 Å². The summed E-state index contributed by atoms with van der Waals surface area (Å²) >= 11 is 6.02. The molecular weight excluding hydrogens is 476 g/mol. The molecule has 1 amide bonds. The van der Waals surface area contributed by atoms with Crippen LogP contribution in [-0.2, 0) is 10.0 Å². The average molecular weight is 497 g/mol. The number of hydrogen-bond acceptors (Lipinski definition) is 5. The fourth-order valence-electron chi connectivity index (χ4n) is 3.30. The third-order valence-electron chi connectivity index (χ3n) is 4.98. The van der Waals surface area contributed by atoms with Crippen molar-refractivity contribution in [2.24, 2.45) is 0 Å². The van der Waals surface area contributed by atoms with E-state index in [1.165, 1.54) is 17.9 Å². The van der Waals surface area contributed by atoms with Gasteiger partial charge in [-0.3, -0.25) is 9.52 Å². The molecular formula is C24H21ClN4O4S. The SMILES string of the molecule is COc1ccccc1NS(=O)(=O)c1cc(NC(=O)c2ccn(-c3cccc(Cl)c3)n2)ccc1C. The van der Waals surface area contributed by atoms with Gasteiger partial charge in [0.1, 0.15) is 5.75 Å². The third-order valence-corrected chi connectivity index (χ3v) is 6.72. The Morgan fingerprint density at radius 3 is 2.59 bits per heavy atom. The molecule has 0 saturated heterocycles. The first-order chi connectivity index (χ1) is 16.3. The van der Waals surface area contributed by atoms with E-state index in [1.54, 1.807) is 73.8 Å². The summed E-state index contributed by atoms with van der Waals surface area (Å²) in [5.41, 5.74) is 2.01. The van der Waals surface area contributed by atoms with Crippen LogP contribution in [0.5, 0.6) is 5.75 Å². The van der Waals surface area contributed by atoms with E-state index in [9.17, 15) is 13.2 Å². The highest BCUT2D eigenvalue weighted by molar-refractivity contribution is 7.92. The predicted octanol–water partition coefficient (Wildman–Crippen LogP) is 4.90. The van der Waals surface area contributed by atoms with Crippen LogP contribution in [-0.4, -0.2) is 31.2 Å². The second-order valence-corrected chi connectivity index (χ2v) is 9.45. The number of carbonyl (C=O) groups is 1. The van der Waals surface area contributed by atoms with E-state index in [0.717, 1.165) is 0 Å². The van der Waals surface area contributed by atoms with E-state index in [4.69, 9.17) is 16.3 Å². The fourth-order valence-corrected chi connectivity index (χ4v) is 4.83. The van der Waals surface area contributed by atoms with Crippen molar-refractivity contribution in [3.8, 4) is 11.4 Å². The lowest BCUT2D eigenvalue weighted by Gasteiger charge is -2.14. The number of aryl methyl sites for hydroxylation is 1. The molecule has 0 saturated carbocycles. The molecule has 0 unspecified atom stereocenters. The van der Waals surface area contributed by atoms with Crippen molar-refractivity contribution in [1.82, 2.24) is 9.78 Å². The Morgan fingerprint density at radius 2 is 1.82 bits per heavy atom. The zero-order valence-corrected chi connectivity index (χ0v) is 19.9. The first kappa shape index (κ1) is 23.3. The molecule has 0 atom stereocenters. The van der Waals surface area contributed by atoms with Crippen molar-refractivity contribution in [3.63, 3.8) is 0 Å². The average Bonchev–Trinajstić information content (AvgIpc) is 3.31. The number of rotatable bonds is 7. The van der Waals surface area contributed by atoms with Crippen molar-refractivity contribution in [3.05, 3.63) is 95.3 Å². The number of hydrogen-bond donors (Lipinski definition) is 2. The van der Waals surface area contributed by atoms with E-state index >= 15 is 0 Å². The molecule has 4 aromatic rings. The molecule has 174 valence electrons. The van der Waals surface area contributed by atoms with Gasteiger partial charge in [-0.05, 0) is 61.0 Å². The van der Waals surface area contributed by atoms with Crippen LogP contribution in [0.15, 0.2) is 83.9 Å². The summed E-state index contributed by atoms with van der Waals surface area (Å²) < 4.78 is 35.5. The number of amides is 1. The van der Waals surface area contributed by atoms with Gasteiger partial charge in [0, 0.05) is 16.9 Å². The predicted molar refractivity (Wildman–Crippen MR) is 132 cm³/mol. The molecule has 0 fully saturated rings. The summed E-state index contributed by atoms with van der Waals surface area (Å²) in [6, 6.07) is 20.0. The number of ether oxygens (including phenoxy) is 1. The summed E-state index contributed by atoms with van der Waals surface area (Å²) in [5.74, 6) is -0.0888. The quantitative estimate of drug-likeness (QED) is 0.379. The summed E-state index contributed by atoms with van der Waals surface area (Å²) in [6.45, 7) is 1.68. The molecule has 0 radical (unpaired) electrons. The molecule has 10 heteroatoms. The maximum atomic E-state index is 13.1. The molecule has 3 aromatic carbocycles. The van der Waals surface area contributed by atoms with E-state index in [0.29, 0.717) is 33.4 Å². The van der Waals surface area contributed by atoms with Gasteiger partial charge < -0.3 is 10.1 Å². The zero-order chi connectivity index (χ0) is 24.3. The van der Waals surface area contributed by atoms with Crippen molar-refractivity contribution in [2.45, 2.75) is 11.8 Å². The maximum absolute atomic E-state index is 13.1. The summed E-state index contributed by atoms with van der Waals surface area (Å²) in [5, 5.41) is 7.54. The van der Waals surface area contributed by atoms with Gasteiger partial charge in [-0.25, -0.2) is 13.1 Å². The standard InChI is InChI=1S/C24H21ClN4O4S/c1-16-10-11-18(15-23(16)34(31,32)28-20-8-3-4-9-22(20)33-2)26-24(30)21-12-13-29(27-21)19-7-5-6-17(25)14-19/h3-15,28H,1-2H3,(H,26,30). The number of halogens is 1. The molecule has 2 N–H and O–H groups in total. The number of methoxy groups -OCH3 is 1. The lowest BCUT2D eigenvalue weighted by molar-refractivity contribution is 0.102. The van der Waals surface area contributed by atoms with Gasteiger partial charge in [-0.15, -0.1) is 0 Å². The first-order valence-corrected chi connectivity index (χ1v) is 12.0. The lowest BCUT2D eigenvalue weighted by Crippen LogP contribution is -2.17. The zero-order valence-electron chi connectivity index (χ0n) is 18.3. The van der Waals surface area contributed by atoms with Crippen molar-refractivity contribution in [1.29, 1.82) is 0 Å². The number of aromatic nitrogens is 2. The minimum atomic E-state index is -3.95. The van der Waals surface area contributed by atoms with E-state index in [1.807, 2.05) is 6.07 Å². The normalized spacial score (nSPS) is 11.1. The third kappa shape index (κ3) is 5.05. The van der Waals surface area contributed by atoms with Gasteiger partial charge in [0.15, 0.2) is 5.69 Å². The highest BCUT2D eigenvalue weighted by atomic mass is 35.5. The van der Waals surface area contributed by atoms with Crippen LogP contribution in [0.3, 0.4) is 0 Å². The molecule has 0 aliphatic carbocycles. The maximum Gasteiger partial charge on any atom is 0.276 e. The number of anilines is 2. The van der Waals surface area contributed by atoms with Crippen LogP contribution in [0, 0.1) is 6.92 Å². The number of sulfonamides is 1. The van der Waals surface area contributed by atoms with Gasteiger partial charge in [0.05, 0.1) is 23.4 Å². The highest BCUT2D eigenvalue weighted by Gasteiger charge is 2.20. The molecule has 8 nitrogen and oxygen atoms in total. The largest absolute Gasteiger partial charge is 0.495 e. The second kappa shape index (κ2) is 9.58. The summed E-state index contributed by atoms with van der Waals surface area (Å²) in [6.07, 6.45) is 1.64. The molecule has 34 heavy (non-hydrogen) atoms. The number of carbonyl (C=O) groups excluding carboxylic acids is 1. The summed E-state index contributed by atoms with van der Waals surface area (Å²) in [7, 11) is -2.49. The topological polar surface area (TPSA) is 102 Å². The van der Waals surface area contributed by atoms with E-state index < -0.39 is 15.9 Å². The van der Waals surface area contributed by atoms with Crippen molar-refractivity contribution in [2.75, 3.05) is 17.1 Å². The van der Waals surface area contributed by atoms with Crippen LogP contribution in [0.4, 0.5) is 11.4 Å². The molecule has 0 bridgehead atoms. The lowest BCUT2D eigenvalue weighted by atomic mass is 10.2. The second-order valence-electron chi connectivity index (χ2n) is 7.37. The Balaban J connectivity index is 1.56. The van der Waals surface area contributed by atoms with Gasteiger partial charge in [-0.2, -0.15) is 5.10 Å². The van der Waals surface area contributed by atoms with Crippen LogP contribution in [0.25, 0.3) is 5.69 Å². The Bertz CT molecular complexity index is 1470. The van der Waals surface area contributed by atoms with Crippen LogP contribution < -0.4 is 14.8 Å². The Labute approximate surface area is 202 Å². The first-order valence-electron chi connectivity index (χ1n) is 10.2. The minimum absolute atomic E-state index is 0.0284. The number of nitrogens with one attached hydrogen (secondary N) is 2. The molecule has 1 heterocycles. The van der Waals surface area contributed by atoms with E-state index in [-0.39, 0.29) is 10.6 Å². The van der Waals surface area contributed by atoms with Crippen LogP contribution >= 0.6 is 11.6 Å². The van der Waals surface area contributed by atoms with Crippen molar-refractivity contribution < 1.29 is 17.9 Å². The molecule has 1 aromatic heterocycles. The van der Waals surface area contributed by atoms with Crippen LogP contribution in [0.1, 0.15) is 16.1 Å². The van der Waals surface area contributed by atoms with Gasteiger partial charge in [0.2, 0.25) is 0 Å². The molecule has 4 rings (SSSR count). The number of para-hydroxylation sites is 2. The minimum Gasteiger partial charge on any atom is -0.495 e. The Hall–Kier alpha value is -3.82. The number of benzene rings is 3. The highest BCUT2D eigenvalue weighted by Crippen LogP contribution is 2.28. The van der Waals surface area contributed by atoms with Crippen LogP contribution in [0.2, 0.25) is 5.02 Å². The fraction of sp³-hybridized carbons (Fsp3) is 0.0833. The summed E-state index contributed by atoms with van der Waals surface area (Å²) in [4.78, 5) is 12.8. The monoisotopic (exact) mass is 496 g/mol. The molecule has 0 aliphatic rings. The smallest absolute Gasteiger partial charge is 0.276 e. The molecule has 0 spiro atoms. The van der Waals surface area contributed by atoms with Crippen molar-refractivity contribution >= 4 is 38.9 Å². The Kier molecular flexibility index (Phi) is 6.58. The van der Waals surface area contributed by atoms with E-state index in [2.05, 4.69) is 15.1 Å². The van der Waals surface area contributed by atoms with Gasteiger partial charge in [-0.1, -0.05) is 35.9 Å².